The van der Waals surface area contributed by atoms with Gasteiger partial charge in [-0.3, -0.25) is 14.2 Å². The Morgan fingerprint density at radius 3 is 2.82 bits per heavy atom. The van der Waals surface area contributed by atoms with Gasteiger partial charge >= 0.3 is 6.01 Å². The molecule has 1 aliphatic heterocycles. The smallest absolute Gasteiger partial charge is 0.316 e. The van der Waals surface area contributed by atoms with E-state index in [2.05, 4.69) is 15.0 Å². The van der Waals surface area contributed by atoms with Crippen LogP contribution in [0.15, 0.2) is 53.8 Å². The fourth-order valence-corrected chi connectivity index (χ4v) is 3.44. The van der Waals surface area contributed by atoms with Gasteiger partial charge in [-0.05, 0) is 31.0 Å². The first-order chi connectivity index (χ1) is 13.7. The number of fused-ring (bicyclic) bond motifs is 1. The molecule has 8 heteroatoms. The second-order valence-electron chi connectivity index (χ2n) is 6.89. The van der Waals surface area contributed by atoms with Crippen molar-refractivity contribution < 1.29 is 9.53 Å². The van der Waals surface area contributed by atoms with E-state index in [9.17, 15) is 9.59 Å². The van der Waals surface area contributed by atoms with Gasteiger partial charge in [0, 0.05) is 31.4 Å². The molecule has 1 fully saturated rings. The van der Waals surface area contributed by atoms with Gasteiger partial charge in [0.25, 0.3) is 5.56 Å². The zero-order valence-electron chi connectivity index (χ0n) is 15.4. The van der Waals surface area contributed by atoms with Crippen LogP contribution >= 0.6 is 0 Å². The first-order valence-electron chi connectivity index (χ1n) is 9.32. The van der Waals surface area contributed by atoms with Crippen molar-refractivity contribution in [1.29, 1.82) is 0 Å². The van der Waals surface area contributed by atoms with Crippen LogP contribution < -0.4 is 10.3 Å². The molecule has 0 aliphatic carbocycles. The van der Waals surface area contributed by atoms with Crippen LogP contribution in [0.4, 0.5) is 0 Å². The first kappa shape index (κ1) is 18.1. The Hall–Kier alpha value is -3.29. The van der Waals surface area contributed by atoms with E-state index in [4.69, 9.17) is 4.74 Å². The van der Waals surface area contributed by atoms with Gasteiger partial charge in [-0.25, -0.2) is 15.0 Å². The molecule has 144 valence electrons. The molecule has 1 amide bonds. The van der Waals surface area contributed by atoms with Crippen LogP contribution in [0.5, 0.6) is 6.01 Å². The van der Waals surface area contributed by atoms with E-state index in [1.165, 1.54) is 10.9 Å². The summed E-state index contributed by atoms with van der Waals surface area (Å²) in [5.41, 5.74) is 0.437. The first-order valence-corrected chi connectivity index (χ1v) is 9.32. The number of carbonyl (C=O) groups excluding carboxylic acids is 1. The standard InChI is InChI=1S/C20H21N5O3/c26-18(12-25-14-23-17-7-2-1-6-16(17)19(25)27)24-10-3-5-15(11-24)13-28-20-21-8-4-9-22-20/h1-2,4,6-9,14-15H,3,5,10-13H2. The maximum atomic E-state index is 12.7. The van der Waals surface area contributed by atoms with Gasteiger partial charge in [0.05, 0.1) is 23.8 Å². The monoisotopic (exact) mass is 379 g/mol. The van der Waals surface area contributed by atoms with Crippen molar-refractivity contribution in [3.05, 3.63) is 59.4 Å². The zero-order valence-corrected chi connectivity index (χ0v) is 15.4. The van der Waals surface area contributed by atoms with Crippen LogP contribution in [0.1, 0.15) is 12.8 Å². The largest absolute Gasteiger partial charge is 0.463 e. The van der Waals surface area contributed by atoms with Crippen molar-refractivity contribution in [2.75, 3.05) is 19.7 Å². The van der Waals surface area contributed by atoms with E-state index in [1.54, 1.807) is 41.6 Å². The molecule has 1 unspecified atom stereocenters. The Bertz CT molecular complexity index is 1020. The molecular formula is C20H21N5O3. The minimum atomic E-state index is -0.197. The summed E-state index contributed by atoms with van der Waals surface area (Å²) in [5, 5.41) is 0.519. The molecule has 3 aromatic rings. The van der Waals surface area contributed by atoms with Crippen molar-refractivity contribution in [3.63, 3.8) is 0 Å². The second kappa shape index (κ2) is 8.16. The minimum absolute atomic E-state index is 0.00790. The molecule has 1 aromatic carbocycles. The molecule has 1 atom stereocenters. The maximum absolute atomic E-state index is 12.7. The van der Waals surface area contributed by atoms with Crippen LogP contribution in [0.2, 0.25) is 0 Å². The highest BCUT2D eigenvalue weighted by Crippen LogP contribution is 2.18. The minimum Gasteiger partial charge on any atom is -0.463 e. The van der Waals surface area contributed by atoms with Gasteiger partial charge < -0.3 is 9.64 Å². The van der Waals surface area contributed by atoms with E-state index in [-0.39, 0.29) is 23.9 Å². The van der Waals surface area contributed by atoms with Crippen LogP contribution in [0, 0.1) is 5.92 Å². The average Bonchev–Trinajstić information content (AvgIpc) is 2.75. The number of nitrogens with zero attached hydrogens (tertiary/aromatic N) is 5. The summed E-state index contributed by atoms with van der Waals surface area (Å²) in [5.74, 6) is 0.132. The van der Waals surface area contributed by atoms with E-state index >= 15 is 0 Å². The average molecular weight is 379 g/mol. The fraction of sp³-hybridized carbons (Fsp3) is 0.350. The topological polar surface area (TPSA) is 90.2 Å². The molecule has 0 radical (unpaired) electrons. The predicted octanol–water partition coefficient (Wildman–Crippen LogP) is 1.50. The van der Waals surface area contributed by atoms with Crippen molar-refractivity contribution in [2.45, 2.75) is 19.4 Å². The number of amides is 1. The molecule has 1 aliphatic rings. The van der Waals surface area contributed by atoms with E-state index in [0.29, 0.717) is 36.6 Å². The van der Waals surface area contributed by atoms with Crippen LogP contribution in [0.3, 0.4) is 0 Å². The number of para-hydroxylation sites is 1. The van der Waals surface area contributed by atoms with Crippen LogP contribution in [-0.4, -0.2) is 50.0 Å². The number of likely N-dealkylation sites (tertiary alicyclic amines) is 1. The molecule has 2 aromatic heterocycles. The Balaban J connectivity index is 1.39. The highest BCUT2D eigenvalue weighted by molar-refractivity contribution is 5.79. The number of aromatic nitrogens is 4. The van der Waals surface area contributed by atoms with Crippen LogP contribution in [0.25, 0.3) is 10.9 Å². The summed E-state index contributed by atoms with van der Waals surface area (Å²) in [6, 6.07) is 9.22. The Labute approximate surface area is 161 Å². The lowest BCUT2D eigenvalue weighted by Gasteiger charge is -2.32. The summed E-state index contributed by atoms with van der Waals surface area (Å²) >= 11 is 0. The molecule has 3 heterocycles. The second-order valence-corrected chi connectivity index (χ2v) is 6.89. The van der Waals surface area contributed by atoms with Gasteiger partial charge in [0.1, 0.15) is 6.54 Å². The van der Waals surface area contributed by atoms with Gasteiger partial charge in [0.2, 0.25) is 5.91 Å². The third-order valence-electron chi connectivity index (χ3n) is 4.90. The summed E-state index contributed by atoms with van der Waals surface area (Å²) in [4.78, 5) is 39.5. The van der Waals surface area contributed by atoms with Gasteiger partial charge in [-0.1, -0.05) is 12.1 Å². The Kier molecular flexibility index (Phi) is 5.27. The number of hydrogen-bond acceptors (Lipinski definition) is 6. The lowest BCUT2D eigenvalue weighted by atomic mass is 9.99. The normalized spacial score (nSPS) is 16.9. The Morgan fingerprint density at radius 2 is 1.96 bits per heavy atom. The van der Waals surface area contributed by atoms with Gasteiger partial charge in [-0.15, -0.1) is 0 Å². The van der Waals surface area contributed by atoms with Crippen molar-refractivity contribution in [3.8, 4) is 6.01 Å². The highest BCUT2D eigenvalue weighted by Gasteiger charge is 2.24. The molecule has 8 nitrogen and oxygen atoms in total. The van der Waals surface area contributed by atoms with E-state index in [1.807, 2.05) is 6.07 Å². The Morgan fingerprint density at radius 1 is 1.14 bits per heavy atom. The van der Waals surface area contributed by atoms with Crippen molar-refractivity contribution in [2.24, 2.45) is 5.92 Å². The summed E-state index contributed by atoms with van der Waals surface area (Å²) in [6.45, 7) is 1.74. The van der Waals surface area contributed by atoms with Gasteiger partial charge in [0.15, 0.2) is 0 Å². The summed E-state index contributed by atoms with van der Waals surface area (Å²) < 4.78 is 7.01. The molecule has 0 spiro atoms. The number of hydrogen-bond donors (Lipinski definition) is 0. The molecule has 0 N–H and O–H groups in total. The van der Waals surface area contributed by atoms with Crippen LogP contribution in [-0.2, 0) is 11.3 Å². The van der Waals surface area contributed by atoms with Crippen molar-refractivity contribution >= 4 is 16.8 Å². The molecule has 0 saturated carbocycles. The highest BCUT2D eigenvalue weighted by atomic mass is 16.5. The molecule has 4 rings (SSSR count). The molecule has 1 saturated heterocycles. The number of rotatable bonds is 5. The van der Waals surface area contributed by atoms with E-state index in [0.717, 1.165) is 12.8 Å². The number of ether oxygens (including phenoxy) is 1. The summed E-state index contributed by atoms with van der Waals surface area (Å²) in [6.07, 6.45) is 6.59. The SMILES string of the molecule is O=C(Cn1cnc2ccccc2c1=O)N1CCCC(COc2ncccn2)C1. The molecule has 28 heavy (non-hydrogen) atoms. The molecular weight excluding hydrogens is 358 g/mol. The maximum Gasteiger partial charge on any atom is 0.316 e. The third kappa shape index (κ3) is 4.00. The number of piperidine rings is 1. The summed E-state index contributed by atoms with van der Waals surface area (Å²) in [7, 11) is 0. The van der Waals surface area contributed by atoms with Gasteiger partial charge in [-0.2, -0.15) is 0 Å². The number of carbonyl (C=O) groups is 1. The lowest BCUT2D eigenvalue weighted by molar-refractivity contribution is -0.133. The third-order valence-corrected chi connectivity index (χ3v) is 4.90. The fourth-order valence-electron chi connectivity index (χ4n) is 3.44. The lowest BCUT2D eigenvalue weighted by Crippen LogP contribution is -2.44. The van der Waals surface area contributed by atoms with Crippen molar-refractivity contribution in [1.82, 2.24) is 24.4 Å². The van der Waals surface area contributed by atoms with E-state index < -0.39 is 0 Å². The number of benzene rings is 1. The quantitative estimate of drug-likeness (QED) is 0.667. The zero-order chi connectivity index (χ0) is 19.3. The predicted molar refractivity (Wildman–Crippen MR) is 103 cm³/mol. The molecule has 0 bridgehead atoms.